The molecule has 13 heavy (non-hydrogen) atoms. The van der Waals surface area contributed by atoms with Crippen LogP contribution in [0.3, 0.4) is 0 Å². The topological polar surface area (TPSA) is 9.23 Å². The van der Waals surface area contributed by atoms with Crippen molar-refractivity contribution in [2.24, 2.45) is 0 Å². The third-order valence-corrected chi connectivity index (χ3v) is 1.84. The lowest BCUT2D eigenvalue weighted by Crippen LogP contribution is -1.95. The minimum absolute atomic E-state index is 0.794. The second kappa shape index (κ2) is 5.41. The first-order valence-corrected chi connectivity index (χ1v) is 4.64. The monoisotopic (exact) mass is 175 g/mol. The van der Waals surface area contributed by atoms with Crippen molar-refractivity contribution < 1.29 is 4.74 Å². The van der Waals surface area contributed by atoms with Gasteiger partial charge in [0.05, 0.1) is 6.61 Å². The van der Waals surface area contributed by atoms with E-state index in [2.05, 4.69) is 6.92 Å². The highest BCUT2D eigenvalue weighted by molar-refractivity contribution is 5.47. The zero-order valence-electron chi connectivity index (χ0n) is 7.99. The zero-order valence-corrected chi connectivity index (χ0v) is 7.99. The van der Waals surface area contributed by atoms with Crippen molar-refractivity contribution in [2.45, 2.75) is 19.8 Å². The van der Waals surface area contributed by atoms with Gasteiger partial charge in [-0.15, -0.1) is 0 Å². The van der Waals surface area contributed by atoms with Gasteiger partial charge in [0, 0.05) is 0 Å². The molecule has 1 radical (unpaired) electrons. The minimum atomic E-state index is 0.794. The molecule has 1 nitrogen and oxygen atoms in total. The van der Waals surface area contributed by atoms with Crippen LogP contribution in [0.15, 0.2) is 24.3 Å². The summed E-state index contributed by atoms with van der Waals surface area (Å²) in [5.41, 5.74) is 1.02. The van der Waals surface area contributed by atoms with Crippen molar-refractivity contribution in [2.75, 3.05) is 6.61 Å². The van der Waals surface area contributed by atoms with E-state index >= 15 is 0 Å². The average molecular weight is 175 g/mol. The fourth-order valence-electron chi connectivity index (χ4n) is 1.01. The molecular weight excluding hydrogens is 160 g/mol. The van der Waals surface area contributed by atoms with Crippen molar-refractivity contribution in [3.63, 3.8) is 0 Å². The molecule has 0 fully saturated rings. The number of ether oxygens (including phenoxy) is 1. The highest BCUT2D eigenvalue weighted by Gasteiger charge is 1.91. The van der Waals surface area contributed by atoms with Gasteiger partial charge in [-0.3, -0.25) is 0 Å². The predicted molar refractivity (Wildman–Crippen MR) is 55.6 cm³/mol. The van der Waals surface area contributed by atoms with Crippen molar-refractivity contribution >= 4 is 6.08 Å². The van der Waals surface area contributed by atoms with E-state index in [0.717, 1.165) is 30.8 Å². The minimum Gasteiger partial charge on any atom is -0.494 e. The summed E-state index contributed by atoms with van der Waals surface area (Å²) >= 11 is 0. The van der Waals surface area contributed by atoms with Crippen LogP contribution in [0, 0.1) is 6.58 Å². The fraction of sp³-hybridized carbons (Fsp3) is 0.333. The highest BCUT2D eigenvalue weighted by atomic mass is 16.5. The molecule has 0 heterocycles. The molecule has 1 heteroatoms. The molecule has 0 aliphatic carbocycles. The van der Waals surface area contributed by atoms with E-state index in [-0.39, 0.29) is 0 Å². The maximum absolute atomic E-state index is 5.49. The first-order chi connectivity index (χ1) is 6.36. The fourth-order valence-corrected chi connectivity index (χ4v) is 1.01. The molecule has 0 saturated heterocycles. The Morgan fingerprint density at radius 1 is 1.31 bits per heavy atom. The first-order valence-electron chi connectivity index (χ1n) is 4.64. The standard InChI is InChI=1S/C12H15O/c1-3-5-10-13-12-8-6-11(4-2)7-9-12/h2,4,6-9H,3,5,10H2,1H3. The van der Waals surface area contributed by atoms with E-state index < -0.39 is 0 Å². The van der Waals surface area contributed by atoms with E-state index in [9.17, 15) is 0 Å². The lowest BCUT2D eigenvalue weighted by molar-refractivity contribution is 0.309. The summed E-state index contributed by atoms with van der Waals surface area (Å²) in [5, 5.41) is 0. The molecule has 0 saturated carbocycles. The van der Waals surface area contributed by atoms with Crippen molar-refractivity contribution in [1.82, 2.24) is 0 Å². The predicted octanol–water partition coefficient (Wildman–Crippen LogP) is 3.31. The third-order valence-electron chi connectivity index (χ3n) is 1.84. The summed E-state index contributed by atoms with van der Waals surface area (Å²) < 4.78 is 5.49. The Labute approximate surface area is 80.0 Å². The number of rotatable bonds is 5. The Kier molecular flexibility index (Phi) is 4.10. The summed E-state index contributed by atoms with van der Waals surface area (Å²) in [7, 11) is 0. The molecule has 69 valence electrons. The molecule has 1 aromatic carbocycles. The molecule has 0 aliphatic heterocycles. The normalized spacial score (nSPS) is 9.62. The van der Waals surface area contributed by atoms with Gasteiger partial charge in [0.25, 0.3) is 0 Å². The first kappa shape index (κ1) is 9.85. The van der Waals surface area contributed by atoms with Gasteiger partial charge in [-0.2, -0.15) is 0 Å². The smallest absolute Gasteiger partial charge is 0.119 e. The van der Waals surface area contributed by atoms with Crippen LogP contribution >= 0.6 is 0 Å². The molecule has 0 N–H and O–H groups in total. The molecule has 1 rings (SSSR count). The Morgan fingerprint density at radius 2 is 2.00 bits per heavy atom. The molecule has 0 atom stereocenters. The highest BCUT2D eigenvalue weighted by Crippen LogP contribution is 2.12. The van der Waals surface area contributed by atoms with Crippen LogP contribution in [-0.2, 0) is 0 Å². The van der Waals surface area contributed by atoms with Crippen LogP contribution in [0.1, 0.15) is 25.3 Å². The second-order valence-electron chi connectivity index (χ2n) is 2.94. The van der Waals surface area contributed by atoms with Crippen LogP contribution in [0.2, 0.25) is 0 Å². The Bertz CT molecular complexity index is 248. The Hall–Kier alpha value is -1.24. The van der Waals surface area contributed by atoms with Gasteiger partial charge in [-0.25, -0.2) is 0 Å². The Morgan fingerprint density at radius 3 is 2.54 bits per heavy atom. The number of hydrogen-bond acceptors (Lipinski definition) is 1. The number of benzene rings is 1. The summed E-state index contributed by atoms with van der Waals surface area (Å²) in [5.74, 6) is 0.916. The summed E-state index contributed by atoms with van der Waals surface area (Å²) in [6.45, 7) is 8.30. The molecule has 0 spiro atoms. The lowest BCUT2D eigenvalue weighted by Gasteiger charge is -2.04. The second-order valence-corrected chi connectivity index (χ2v) is 2.94. The van der Waals surface area contributed by atoms with E-state index in [1.165, 1.54) is 0 Å². The van der Waals surface area contributed by atoms with Crippen molar-refractivity contribution in [3.8, 4) is 5.75 Å². The maximum atomic E-state index is 5.49. The van der Waals surface area contributed by atoms with E-state index in [1.54, 1.807) is 6.08 Å². The van der Waals surface area contributed by atoms with Gasteiger partial charge >= 0.3 is 0 Å². The van der Waals surface area contributed by atoms with Crippen molar-refractivity contribution in [1.29, 1.82) is 0 Å². The van der Waals surface area contributed by atoms with Crippen molar-refractivity contribution in [3.05, 3.63) is 36.4 Å². The van der Waals surface area contributed by atoms with Gasteiger partial charge in [0.1, 0.15) is 5.75 Å². The summed E-state index contributed by atoms with van der Waals surface area (Å²) in [4.78, 5) is 0. The van der Waals surface area contributed by atoms with E-state index in [4.69, 9.17) is 11.3 Å². The number of unbranched alkanes of at least 4 members (excludes halogenated alkanes) is 1. The van der Waals surface area contributed by atoms with E-state index in [1.807, 2.05) is 24.3 Å². The third kappa shape index (κ3) is 3.32. The van der Waals surface area contributed by atoms with Gasteiger partial charge in [-0.1, -0.05) is 38.1 Å². The maximum Gasteiger partial charge on any atom is 0.119 e. The molecule has 0 amide bonds. The quantitative estimate of drug-likeness (QED) is 0.624. The summed E-state index contributed by atoms with van der Waals surface area (Å²) in [6, 6.07) is 7.77. The largest absolute Gasteiger partial charge is 0.494 e. The van der Waals surface area contributed by atoms with Crippen LogP contribution in [0.4, 0.5) is 0 Å². The van der Waals surface area contributed by atoms with Gasteiger partial charge in [-0.05, 0) is 24.1 Å². The SMILES string of the molecule is [CH]=Cc1ccc(OCCCC)cc1. The van der Waals surface area contributed by atoms with Crippen LogP contribution in [-0.4, -0.2) is 6.61 Å². The van der Waals surface area contributed by atoms with Gasteiger partial charge in [0.15, 0.2) is 0 Å². The molecule has 0 aliphatic rings. The van der Waals surface area contributed by atoms with Crippen LogP contribution in [0.5, 0.6) is 5.75 Å². The average Bonchev–Trinajstić information content (AvgIpc) is 2.19. The lowest BCUT2D eigenvalue weighted by atomic mass is 10.2. The number of hydrogen-bond donors (Lipinski definition) is 0. The molecule has 0 aromatic heterocycles. The Balaban J connectivity index is 2.44. The summed E-state index contributed by atoms with van der Waals surface area (Å²) in [6.07, 6.45) is 3.84. The molecule has 1 aromatic rings. The molecule has 0 unspecified atom stereocenters. The molecular formula is C12H15O. The van der Waals surface area contributed by atoms with Crippen LogP contribution < -0.4 is 4.74 Å². The van der Waals surface area contributed by atoms with Gasteiger partial charge < -0.3 is 4.74 Å². The van der Waals surface area contributed by atoms with Gasteiger partial charge in [0.2, 0.25) is 0 Å². The van der Waals surface area contributed by atoms with E-state index in [0.29, 0.717) is 0 Å². The molecule has 0 bridgehead atoms. The van der Waals surface area contributed by atoms with Crippen LogP contribution in [0.25, 0.3) is 6.08 Å². The zero-order chi connectivity index (χ0) is 9.52.